The first kappa shape index (κ1) is 22.3. The zero-order valence-corrected chi connectivity index (χ0v) is 17.6. The van der Waals surface area contributed by atoms with Crippen molar-refractivity contribution >= 4 is 52.3 Å². The lowest BCUT2D eigenvalue weighted by Gasteiger charge is -2.17. The van der Waals surface area contributed by atoms with Crippen LogP contribution in [0.4, 0.5) is 0 Å². The van der Waals surface area contributed by atoms with E-state index in [1.807, 2.05) is 25.1 Å². The Morgan fingerprint density at radius 3 is 2.78 bits per heavy atom. The molecular weight excluding hydrogens is 410 g/mol. The maximum Gasteiger partial charge on any atom is 0.266 e. The number of thiocarbonyl (C=S) groups is 1. The van der Waals surface area contributed by atoms with Crippen LogP contribution in [0.1, 0.15) is 24.0 Å². The summed E-state index contributed by atoms with van der Waals surface area (Å²) in [6.07, 6.45) is 2.84. The van der Waals surface area contributed by atoms with Gasteiger partial charge in [-0.25, -0.2) is 5.26 Å². The molecule has 1 fully saturated rings. The molecule has 0 bridgehead atoms. The summed E-state index contributed by atoms with van der Waals surface area (Å²) in [5, 5.41) is 12.1. The Morgan fingerprint density at radius 1 is 1.37 bits per heavy atom. The summed E-state index contributed by atoms with van der Waals surface area (Å²) in [4.78, 5) is 15.5. The Kier molecular flexibility index (Phi) is 9.19. The number of carbonyl (C=O) groups is 1. The average molecular weight is 432 g/mol. The molecule has 0 saturated carbocycles. The van der Waals surface area contributed by atoms with Crippen LogP contribution in [0.25, 0.3) is 6.08 Å². The fourth-order valence-electron chi connectivity index (χ4n) is 2.47. The predicted molar refractivity (Wildman–Crippen MR) is 109 cm³/mol. The van der Waals surface area contributed by atoms with Crippen LogP contribution in [0.2, 0.25) is 0 Å². The molecule has 0 unspecified atom stereocenters. The smallest absolute Gasteiger partial charge is 0.266 e. The molecule has 1 N–H and O–H groups in total. The number of rotatable bonds is 10. The highest BCUT2D eigenvalue weighted by atomic mass is 32.2. The Labute approximate surface area is 172 Å². The molecule has 1 aliphatic heterocycles. The van der Waals surface area contributed by atoms with Gasteiger partial charge in [-0.3, -0.25) is 9.69 Å². The lowest BCUT2D eigenvalue weighted by atomic mass is 10.1. The molecule has 1 aromatic rings. The molecule has 1 saturated heterocycles. The lowest BCUT2D eigenvalue weighted by molar-refractivity contribution is -0.432. The van der Waals surface area contributed by atoms with E-state index in [0.29, 0.717) is 33.5 Å². The van der Waals surface area contributed by atoms with Crippen molar-refractivity contribution in [1.29, 1.82) is 0 Å². The summed E-state index contributed by atoms with van der Waals surface area (Å²) in [5.41, 5.74) is 1.77. The Bertz CT molecular complexity index is 708. The Balaban J connectivity index is 2.09. The number of nitrogens with zero attached hydrogens (tertiary/aromatic N) is 1. The summed E-state index contributed by atoms with van der Waals surface area (Å²) in [5.74, 6) is -0.132. The highest BCUT2D eigenvalue weighted by Gasteiger charge is 2.31. The van der Waals surface area contributed by atoms with Crippen LogP contribution in [0.15, 0.2) is 28.0 Å². The maximum atomic E-state index is 12.7. The third-order valence-corrected chi connectivity index (χ3v) is 5.87. The second kappa shape index (κ2) is 11.1. The standard InChI is InChI=1S/C17H21NO6S3/c1-11-6-7-12(13(9-11)27-24-23-20)10-14-16(19)18(17(25)26-14)8-4-5-15(21-2)22-3/h6-7,9-10,15,20H,4-5,8H2,1-3H3/b14-10-. The van der Waals surface area contributed by atoms with E-state index in [4.69, 9.17) is 26.9 Å². The largest absolute Gasteiger partial charge is 0.356 e. The highest BCUT2D eigenvalue weighted by Crippen LogP contribution is 2.35. The van der Waals surface area contributed by atoms with Gasteiger partial charge in [-0.05, 0) is 36.6 Å². The molecule has 1 amide bonds. The molecule has 27 heavy (non-hydrogen) atoms. The molecule has 1 heterocycles. The van der Waals surface area contributed by atoms with Gasteiger partial charge in [0.15, 0.2) is 6.29 Å². The van der Waals surface area contributed by atoms with E-state index in [0.717, 1.165) is 23.2 Å². The first-order chi connectivity index (χ1) is 13.0. The topological polar surface area (TPSA) is 77.5 Å². The quantitative estimate of drug-likeness (QED) is 0.148. The zero-order chi connectivity index (χ0) is 19.8. The van der Waals surface area contributed by atoms with Crippen LogP contribution in [0, 0.1) is 6.92 Å². The summed E-state index contributed by atoms with van der Waals surface area (Å²) in [7, 11) is 3.17. The first-order valence-corrected chi connectivity index (χ1v) is 10.0. The van der Waals surface area contributed by atoms with Gasteiger partial charge >= 0.3 is 0 Å². The number of benzene rings is 1. The monoisotopic (exact) mass is 431 g/mol. The molecule has 148 valence electrons. The number of amides is 1. The van der Waals surface area contributed by atoms with Gasteiger partial charge in [-0.15, -0.1) is 4.33 Å². The van der Waals surface area contributed by atoms with Gasteiger partial charge in [0.2, 0.25) is 0 Å². The van der Waals surface area contributed by atoms with E-state index < -0.39 is 0 Å². The number of ether oxygens (including phenoxy) is 2. The summed E-state index contributed by atoms with van der Waals surface area (Å²) >= 11 is 7.47. The minimum Gasteiger partial charge on any atom is -0.356 e. The molecule has 0 aromatic heterocycles. The normalized spacial score (nSPS) is 16.2. The van der Waals surface area contributed by atoms with Crippen LogP contribution >= 0.6 is 36.0 Å². The number of thioether (sulfide) groups is 1. The van der Waals surface area contributed by atoms with Gasteiger partial charge in [0.25, 0.3) is 5.91 Å². The fraction of sp³-hybridized carbons (Fsp3) is 0.412. The number of methoxy groups -OCH3 is 2. The number of carbonyl (C=O) groups excluding carboxylic acids is 1. The predicted octanol–water partition coefficient (Wildman–Crippen LogP) is 4.02. The van der Waals surface area contributed by atoms with Crippen LogP contribution in [-0.2, 0) is 23.6 Å². The van der Waals surface area contributed by atoms with Crippen LogP contribution < -0.4 is 0 Å². The van der Waals surface area contributed by atoms with E-state index in [-0.39, 0.29) is 12.2 Å². The van der Waals surface area contributed by atoms with Gasteiger partial charge < -0.3 is 9.47 Å². The second-order valence-corrected chi connectivity index (χ2v) is 8.06. The lowest BCUT2D eigenvalue weighted by Crippen LogP contribution is -2.29. The molecule has 1 aromatic carbocycles. The van der Waals surface area contributed by atoms with Crippen molar-refractivity contribution in [3.63, 3.8) is 0 Å². The molecule has 10 heteroatoms. The minimum atomic E-state index is -0.292. The molecule has 0 aliphatic carbocycles. The van der Waals surface area contributed by atoms with Gasteiger partial charge in [0.1, 0.15) is 4.32 Å². The highest BCUT2D eigenvalue weighted by molar-refractivity contribution is 8.26. The Hall–Kier alpha value is -0.980. The van der Waals surface area contributed by atoms with Crippen molar-refractivity contribution in [2.24, 2.45) is 0 Å². The van der Waals surface area contributed by atoms with Gasteiger partial charge in [-0.1, -0.05) is 41.2 Å². The van der Waals surface area contributed by atoms with Crippen molar-refractivity contribution < 1.29 is 28.9 Å². The van der Waals surface area contributed by atoms with Crippen molar-refractivity contribution in [2.75, 3.05) is 20.8 Å². The SMILES string of the molecule is COC(CCCN1C(=O)/C(=C/c2ccc(C)cc2SOOO)SC1=S)OC. The first-order valence-electron chi connectivity index (χ1n) is 8.06. The second-order valence-electron chi connectivity index (χ2n) is 5.64. The van der Waals surface area contributed by atoms with E-state index in [2.05, 4.69) is 9.37 Å². The third kappa shape index (κ3) is 6.26. The molecule has 2 rings (SSSR count). The number of hydrogen-bond donors (Lipinski definition) is 1. The fourth-order valence-corrected chi connectivity index (χ4v) is 4.33. The molecular formula is C17H21NO6S3. The minimum absolute atomic E-state index is 0.132. The van der Waals surface area contributed by atoms with Crippen LogP contribution in [-0.4, -0.2) is 47.4 Å². The zero-order valence-electron chi connectivity index (χ0n) is 15.2. The molecule has 0 spiro atoms. The van der Waals surface area contributed by atoms with E-state index in [1.165, 1.54) is 11.8 Å². The van der Waals surface area contributed by atoms with Gasteiger partial charge in [0, 0.05) is 32.1 Å². The third-order valence-electron chi connectivity index (χ3n) is 3.83. The summed E-state index contributed by atoms with van der Waals surface area (Å²) in [6, 6.07) is 5.66. The summed E-state index contributed by atoms with van der Waals surface area (Å²) in [6.45, 7) is 2.43. The van der Waals surface area contributed by atoms with Crippen molar-refractivity contribution in [3.8, 4) is 0 Å². The molecule has 0 radical (unpaired) electrons. The maximum absolute atomic E-state index is 12.7. The number of hydrogen-bond acceptors (Lipinski definition) is 9. The molecule has 7 nitrogen and oxygen atoms in total. The van der Waals surface area contributed by atoms with Crippen molar-refractivity contribution in [3.05, 3.63) is 34.2 Å². The van der Waals surface area contributed by atoms with Crippen molar-refractivity contribution in [2.45, 2.75) is 31.0 Å². The van der Waals surface area contributed by atoms with E-state index in [1.54, 1.807) is 25.2 Å². The van der Waals surface area contributed by atoms with E-state index in [9.17, 15) is 4.79 Å². The summed E-state index contributed by atoms with van der Waals surface area (Å²) < 4.78 is 15.4. The Morgan fingerprint density at radius 2 is 2.11 bits per heavy atom. The van der Waals surface area contributed by atoms with Gasteiger partial charge in [-0.2, -0.15) is 0 Å². The molecule has 0 atom stereocenters. The van der Waals surface area contributed by atoms with Crippen LogP contribution in [0.3, 0.4) is 0 Å². The van der Waals surface area contributed by atoms with Crippen LogP contribution in [0.5, 0.6) is 0 Å². The van der Waals surface area contributed by atoms with Crippen molar-refractivity contribution in [1.82, 2.24) is 4.90 Å². The average Bonchev–Trinajstić information content (AvgIpc) is 2.92. The van der Waals surface area contributed by atoms with E-state index >= 15 is 0 Å². The van der Waals surface area contributed by atoms with Gasteiger partial charge in [0.05, 0.1) is 16.9 Å². The number of aryl methyl sites for hydroxylation is 1. The molecule has 1 aliphatic rings.